The lowest BCUT2D eigenvalue weighted by Crippen LogP contribution is -2.44. The van der Waals surface area contributed by atoms with E-state index in [2.05, 4.69) is 216 Å². The zero-order valence-electron chi connectivity index (χ0n) is 38.3. The Morgan fingerprint density at radius 2 is 0.701 bits per heavy atom. The third-order valence-electron chi connectivity index (χ3n) is 16.2. The molecule has 13 rings (SSSR count). The molecule has 0 amide bonds. The number of hydrogen-bond acceptors (Lipinski definition) is 2. The van der Waals surface area contributed by atoms with Crippen LogP contribution in [0.4, 0.5) is 34.1 Å². The van der Waals surface area contributed by atoms with E-state index < -0.39 is 0 Å². The van der Waals surface area contributed by atoms with Gasteiger partial charge in [0, 0.05) is 38.9 Å². The molecule has 0 aromatic heterocycles. The molecule has 2 heteroatoms. The van der Waals surface area contributed by atoms with Gasteiger partial charge in [0.25, 0.3) is 0 Å². The summed E-state index contributed by atoms with van der Waals surface area (Å²) in [5.74, 6) is 1.14. The first kappa shape index (κ1) is 40.1. The van der Waals surface area contributed by atoms with Gasteiger partial charge in [-0.15, -0.1) is 0 Å². The van der Waals surface area contributed by atoms with Crippen molar-refractivity contribution in [2.24, 2.45) is 11.8 Å². The van der Waals surface area contributed by atoms with Crippen molar-refractivity contribution in [1.82, 2.24) is 0 Å². The summed E-state index contributed by atoms with van der Waals surface area (Å²) in [5.41, 5.74) is 13.2. The molecule has 3 aliphatic rings. The molecule has 0 heterocycles. The molecule has 326 valence electrons. The van der Waals surface area contributed by atoms with Crippen LogP contribution in [-0.4, -0.2) is 0 Å². The van der Waals surface area contributed by atoms with Crippen molar-refractivity contribution in [3.63, 3.8) is 0 Å². The van der Waals surface area contributed by atoms with Crippen LogP contribution in [0.25, 0.3) is 54.2 Å². The van der Waals surface area contributed by atoms with Crippen molar-refractivity contribution >= 4 is 77.2 Å². The lowest BCUT2D eigenvalue weighted by Gasteiger charge is -2.49. The second-order valence-corrected chi connectivity index (χ2v) is 19.7. The normalized spacial score (nSPS) is 16.1. The van der Waals surface area contributed by atoms with Crippen LogP contribution < -0.4 is 9.80 Å². The van der Waals surface area contributed by atoms with Gasteiger partial charge in [-0.1, -0.05) is 184 Å². The van der Waals surface area contributed by atoms with Crippen LogP contribution in [0.2, 0.25) is 0 Å². The largest absolute Gasteiger partial charge is 0.310 e. The minimum absolute atomic E-state index is 0.105. The summed E-state index contributed by atoms with van der Waals surface area (Å²) in [5, 5.41) is 10.3. The molecule has 10 aromatic carbocycles. The lowest BCUT2D eigenvalue weighted by atomic mass is 9.54. The molecule has 0 atom stereocenters. The van der Waals surface area contributed by atoms with E-state index in [0.717, 1.165) is 0 Å². The van der Waals surface area contributed by atoms with Crippen molar-refractivity contribution in [3.8, 4) is 11.1 Å². The van der Waals surface area contributed by atoms with E-state index in [1.807, 2.05) is 0 Å². The zero-order valence-corrected chi connectivity index (χ0v) is 38.3. The van der Waals surface area contributed by atoms with Gasteiger partial charge in [-0.3, -0.25) is 0 Å². The predicted molar refractivity (Wildman–Crippen MR) is 285 cm³/mol. The number of benzene rings is 10. The summed E-state index contributed by atoms with van der Waals surface area (Å²) in [7, 11) is 0. The molecule has 0 aliphatic heterocycles. The highest BCUT2D eigenvalue weighted by atomic mass is 15.1. The average molecular weight is 865 g/mol. The van der Waals surface area contributed by atoms with Crippen LogP contribution >= 0.6 is 0 Å². The Labute approximate surface area is 395 Å². The molecule has 0 spiro atoms. The quantitative estimate of drug-likeness (QED) is 0.140. The minimum atomic E-state index is -0.105. The Morgan fingerprint density at radius 3 is 1.15 bits per heavy atom. The number of rotatable bonds is 8. The lowest BCUT2D eigenvalue weighted by molar-refractivity contribution is 0.137. The van der Waals surface area contributed by atoms with Gasteiger partial charge in [0.2, 0.25) is 0 Å². The van der Waals surface area contributed by atoms with Gasteiger partial charge in [0.1, 0.15) is 0 Å². The molecule has 3 aliphatic carbocycles. The zero-order chi connectivity index (χ0) is 44.3. The molecule has 2 nitrogen and oxygen atoms in total. The SMILES string of the molecule is c1ccc(N(c2ccc3c(c2)C(C2CCCCC2)(C2CCCCC2)c2cc(N(c4ccccc4)c4cccc5c4ccc4ccccc45)ccc2-3)c2cccc3c2ccc2ccccc23)cc1. The van der Waals surface area contributed by atoms with E-state index in [-0.39, 0.29) is 5.41 Å². The van der Waals surface area contributed by atoms with E-state index >= 15 is 0 Å². The average Bonchev–Trinajstić information content (AvgIpc) is 3.69. The highest BCUT2D eigenvalue weighted by Gasteiger charge is 2.53. The first-order valence-electron chi connectivity index (χ1n) is 25.1. The van der Waals surface area contributed by atoms with E-state index in [9.17, 15) is 0 Å². The second kappa shape index (κ2) is 16.6. The third kappa shape index (κ3) is 6.51. The Hall–Kier alpha value is -7.16. The van der Waals surface area contributed by atoms with E-state index in [1.54, 1.807) is 11.1 Å². The maximum Gasteiger partial charge on any atom is 0.0540 e. The number of anilines is 6. The van der Waals surface area contributed by atoms with Gasteiger partial charge in [-0.25, -0.2) is 0 Å². The Morgan fingerprint density at radius 1 is 0.299 bits per heavy atom. The molecule has 0 unspecified atom stereocenters. The molecular formula is C65H56N2. The number of fused-ring (bicyclic) bond motifs is 9. The summed E-state index contributed by atoms with van der Waals surface area (Å²) in [6, 6.07) is 78.2. The summed E-state index contributed by atoms with van der Waals surface area (Å²) in [4.78, 5) is 5.11. The van der Waals surface area contributed by atoms with Crippen molar-refractivity contribution < 1.29 is 0 Å². The molecular weight excluding hydrogens is 809 g/mol. The fourth-order valence-electron chi connectivity index (χ4n) is 13.4. The molecule has 0 bridgehead atoms. The fraction of sp³-hybridized carbons (Fsp3) is 0.200. The molecule has 2 saturated carbocycles. The molecule has 10 aromatic rings. The Kier molecular flexibility index (Phi) is 9.96. The van der Waals surface area contributed by atoms with Gasteiger partial charge in [0.15, 0.2) is 0 Å². The smallest absolute Gasteiger partial charge is 0.0540 e. The predicted octanol–water partition coefficient (Wildman–Crippen LogP) is 18.7. The van der Waals surface area contributed by atoms with Crippen LogP contribution in [0.1, 0.15) is 75.3 Å². The first-order valence-corrected chi connectivity index (χ1v) is 25.1. The summed E-state index contributed by atoms with van der Waals surface area (Å²) in [6.45, 7) is 0. The molecule has 0 radical (unpaired) electrons. The second-order valence-electron chi connectivity index (χ2n) is 19.7. The maximum atomic E-state index is 2.68. The van der Waals surface area contributed by atoms with Gasteiger partial charge in [-0.2, -0.15) is 0 Å². The third-order valence-corrected chi connectivity index (χ3v) is 16.2. The standard InChI is InChI=1S/C65H56N2/c1-5-21-47(22-6-1)65(48-23-7-2-8-24-48)61-43-51(66(49-25-9-3-10-26-49)63-33-17-31-55-53-29-15-13-19-45(53)35-39-59(55)63)37-41-57(61)58-42-38-52(44-62(58)65)67(50-27-11-4-12-28-50)64-34-18-32-56-54-30-16-14-20-46(54)36-40-60(56)64/h3-4,9-20,25-44,47-48H,1-2,5-8,21-24H2. The van der Waals surface area contributed by atoms with Crippen molar-refractivity contribution in [3.05, 3.63) is 217 Å². The highest BCUT2D eigenvalue weighted by Crippen LogP contribution is 2.63. The summed E-state index contributed by atoms with van der Waals surface area (Å²) in [6.07, 6.45) is 13.0. The Bertz CT molecular complexity index is 3220. The molecule has 2 fully saturated rings. The first-order chi connectivity index (χ1) is 33.3. The van der Waals surface area contributed by atoms with Crippen molar-refractivity contribution in [2.45, 2.75) is 69.6 Å². The van der Waals surface area contributed by atoms with E-state index in [1.165, 1.54) is 153 Å². The van der Waals surface area contributed by atoms with E-state index in [4.69, 9.17) is 0 Å². The number of para-hydroxylation sites is 2. The highest BCUT2D eigenvalue weighted by molar-refractivity contribution is 6.14. The monoisotopic (exact) mass is 864 g/mol. The minimum Gasteiger partial charge on any atom is -0.310 e. The topological polar surface area (TPSA) is 6.48 Å². The summed E-state index contributed by atoms with van der Waals surface area (Å²) >= 11 is 0. The van der Waals surface area contributed by atoms with Crippen LogP contribution in [0.15, 0.2) is 206 Å². The van der Waals surface area contributed by atoms with Crippen LogP contribution in [0.5, 0.6) is 0 Å². The fourth-order valence-corrected chi connectivity index (χ4v) is 13.4. The van der Waals surface area contributed by atoms with Crippen molar-refractivity contribution in [1.29, 1.82) is 0 Å². The number of hydrogen-bond donors (Lipinski definition) is 0. The van der Waals surface area contributed by atoms with Crippen LogP contribution in [0.3, 0.4) is 0 Å². The van der Waals surface area contributed by atoms with Gasteiger partial charge in [-0.05, 0) is 153 Å². The van der Waals surface area contributed by atoms with Crippen molar-refractivity contribution in [2.75, 3.05) is 9.80 Å². The van der Waals surface area contributed by atoms with Gasteiger partial charge < -0.3 is 9.80 Å². The van der Waals surface area contributed by atoms with Gasteiger partial charge in [0.05, 0.1) is 11.4 Å². The molecule has 67 heavy (non-hydrogen) atoms. The molecule has 0 N–H and O–H groups in total. The van der Waals surface area contributed by atoms with E-state index in [0.29, 0.717) is 11.8 Å². The Balaban J connectivity index is 1.05. The molecule has 0 saturated heterocycles. The number of nitrogens with zero attached hydrogens (tertiary/aromatic N) is 2. The van der Waals surface area contributed by atoms with Crippen LogP contribution in [-0.2, 0) is 5.41 Å². The maximum absolute atomic E-state index is 2.68. The van der Waals surface area contributed by atoms with Gasteiger partial charge >= 0.3 is 0 Å². The summed E-state index contributed by atoms with van der Waals surface area (Å²) < 4.78 is 0. The van der Waals surface area contributed by atoms with Crippen LogP contribution in [0, 0.1) is 11.8 Å².